The summed E-state index contributed by atoms with van der Waals surface area (Å²) in [5, 5.41) is 7.46. The molecule has 1 aliphatic heterocycles. The maximum atomic E-state index is 12.7. The van der Waals surface area contributed by atoms with Gasteiger partial charge in [-0.15, -0.1) is 0 Å². The highest BCUT2D eigenvalue weighted by atomic mass is 16.5. The largest absolute Gasteiger partial charge is 0.371 e. The number of aromatic nitrogens is 3. The summed E-state index contributed by atoms with van der Waals surface area (Å²) in [6.07, 6.45) is 9.34. The zero-order chi connectivity index (χ0) is 15.6. The molecule has 2 aliphatic rings. The van der Waals surface area contributed by atoms with E-state index in [9.17, 15) is 4.79 Å². The molecule has 2 atom stereocenters. The molecule has 2 aromatic rings. The minimum Gasteiger partial charge on any atom is -0.371 e. The van der Waals surface area contributed by atoms with Crippen molar-refractivity contribution in [2.45, 2.75) is 43.9 Å². The van der Waals surface area contributed by atoms with E-state index in [1.54, 1.807) is 24.7 Å². The highest BCUT2D eigenvalue weighted by Gasteiger charge is 2.32. The van der Waals surface area contributed by atoms with Crippen LogP contribution in [0.25, 0.3) is 0 Å². The molecule has 1 saturated heterocycles. The molecule has 120 valence electrons. The van der Waals surface area contributed by atoms with Gasteiger partial charge in [-0.25, -0.2) is 0 Å². The van der Waals surface area contributed by atoms with Gasteiger partial charge in [0.1, 0.15) is 11.8 Å². The number of nitrogens with one attached hydrogen (secondary N) is 1. The summed E-state index contributed by atoms with van der Waals surface area (Å²) in [4.78, 5) is 16.7. The van der Waals surface area contributed by atoms with Crippen LogP contribution in [0.3, 0.4) is 0 Å². The average Bonchev–Trinajstić information content (AvgIpc) is 3.16. The molecule has 1 N–H and O–H groups in total. The molecule has 6 nitrogen and oxygen atoms in total. The zero-order valence-corrected chi connectivity index (χ0v) is 12.9. The van der Waals surface area contributed by atoms with Crippen LogP contribution in [0.1, 0.15) is 53.9 Å². The van der Waals surface area contributed by atoms with E-state index in [0.717, 1.165) is 24.8 Å². The topological polar surface area (TPSA) is 69.0 Å². The maximum Gasteiger partial charge on any atom is 0.269 e. The zero-order valence-electron chi connectivity index (χ0n) is 12.9. The van der Waals surface area contributed by atoms with Crippen molar-refractivity contribution in [2.75, 3.05) is 6.61 Å². The first kappa shape index (κ1) is 14.4. The number of amides is 1. The monoisotopic (exact) mass is 312 g/mol. The van der Waals surface area contributed by atoms with Crippen LogP contribution in [0.5, 0.6) is 0 Å². The Morgan fingerprint density at radius 2 is 2.00 bits per heavy atom. The number of carbonyl (C=O) groups is 1. The second kappa shape index (κ2) is 6.12. The van der Waals surface area contributed by atoms with Crippen LogP contribution in [-0.4, -0.2) is 33.3 Å². The van der Waals surface area contributed by atoms with Gasteiger partial charge in [0.2, 0.25) is 0 Å². The fourth-order valence-electron chi connectivity index (χ4n) is 3.28. The minimum atomic E-state index is -0.109. The summed E-state index contributed by atoms with van der Waals surface area (Å²) in [7, 11) is 0. The fourth-order valence-corrected chi connectivity index (χ4v) is 3.28. The molecule has 3 heterocycles. The highest BCUT2D eigenvalue weighted by molar-refractivity contribution is 5.92. The van der Waals surface area contributed by atoms with Gasteiger partial charge in [-0.1, -0.05) is 0 Å². The van der Waals surface area contributed by atoms with E-state index in [1.807, 2.05) is 16.8 Å². The van der Waals surface area contributed by atoms with Gasteiger partial charge in [0.15, 0.2) is 0 Å². The number of ether oxygens (including phenoxy) is 1. The summed E-state index contributed by atoms with van der Waals surface area (Å²) < 4.78 is 7.69. The second-order valence-corrected chi connectivity index (χ2v) is 6.19. The van der Waals surface area contributed by atoms with Crippen LogP contribution < -0.4 is 5.32 Å². The van der Waals surface area contributed by atoms with Crippen molar-refractivity contribution in [1.29, 1.82) is 0 Å². The highest BCUT2D eigenvalue weighted by Crippen LogP contribution is 2.32. The summed E-state index contributed by atoms with van der Waals surface area (Å²) in [6, 6.07) is 6.03. The molecule has 0 radical (unpaired) electrons. The molecular weight excluding hydrogens is 292 g/mol. The van der Waals surface area contributed by atoms with Crippen LogP contribution in [-0.2, 0) is 4.74 Å². The normalized spacial score (nSPS) is 24.3. The molecule has 0 aromatic carbocycles. The molecular formula is C17H20N4O2. The Bertz CT molecular complexity index is 681. The SMILES string of the molecule is O=C(N[C@@H]1CCO[C@H]1c1ccncc1)c1ccnn1C1CCC1. The molecule has 0 unspecified atom stereocenters. The average molecular weight is 312 g/mol. The van der Waals surface area contributed by atoms with Gasteiger partial charge in [-0.3, -0.25) is 14.5 Å². The van der Waals surface area contributed by atoms with E-state index in [2.05, 4.69) is 15.4 Å². The number of nitrogens with zero attached hydrogens (tertiary/aromatic N) is 3. The predicted octanol–water partition coefficient (Wildman–Crippen LogP) is 2.26. The molecule has 23 heavy (non-hydrogen) atoms. The van der Waals surface area contributed by atoms with Crippen LogP contribution in [0, 0.1) is 0 Å². The number of pyridine rings is 1. The van der Waals surface area contributed by atoms with Crippen molar-refractivity contribution in [1.82, 2.24) is 20.1 Å². The van der Waals surface area contributed by atoms with Crippen molar-refractivity contribution in [2.24, 2.45) is 0 Å². The first-order valence-corrected chi connectivity index (χ1v) is 8.19. The van der Waals surface area contributed by atoms with E-state index < -0.39 is 0 Å². The maximum absolute atomic E-state index is 12.7. The lowest BCUT2D eigenvalue weighted by Gasteiger charge is -2.27. The smallest absolute Gasteiger partial charge is 0.269 e. The molecule has 1 aliphatic carbocycles. The van der Waals surface area contributed by atoms with Gasteiger partial charge in [0.25, 0.3) is 5.91 Å². The van der Waals surface area contributed by atoms with E-state index >= 15 is 0 Å². The molecule has 0 spiro atoms. The Labute approximate surface area is 134 Å². The molecule has 0 bridgehead atoms. The van der Waals surface area contributed by atoms with Gasteiger partial charge < -0.3 is 10.1 Å². The van der Waals surface area contributed by atoms with E-state index in [0.29, 0.717) is 18.3 Å². The van der Waals surface area contributed by atoms with Crippen LogP contribution in [0.4, 0.5) is 0 Å². The van der Waals surface area contributed by atoms with Crippen LogP contribution >= 0.6 is 0 Å². The summed E-state index contributed by atoms with van der Waals surface area (Å²) >= 11 is 0. The fraction of sp³-hybridized carbons (Fsp3) is 0.471. The number of carbonyl (C=O) groups excluding carboxylic acids is 1. The first-order chi connectivity index (χ1) is 11.3. The van der Waals surface area contributed by atoms with Crippen molar-refractivity contribution in [3.05, 3.63) is 48.0 Å². The van der Waals surface area contributed by atoms with Gasteiger partial charge in [0, 0.05) is 25.2 Å². The van der Waals surface area contributed by atoms with Gasteiger partial charge in [-0.05, 0) is 49.4 Å². The Balaban J connectivity index is 1.49. The molecule has 1 amide bonds. The Morgan fingerprint density at radius 1 is 1.17 bits per heavy atom. The Morgan fingerprint density at radius 3 is 2.74 bits per heavy atom. The molecule has 1 saturated carbocycles. The molecule has 4 rings (SSSR count). The lowest BCUT2D eigenvalue weighted by Crippen LogP contribution is -2.38. The summed E-state index contributed by atoms with van der Waals surface area (Å²) in [5.41, 5.74) is 1.70. The molecule has 2 aromatic heterocycles. The van der Waals surface area contributed by atoms with Crippen molar-refractivity contribution in [3.63, 3.8) is 0 Å². The predicted molar refractivity (Wildman–Crippen MR) is 83.9 cm³/mol. The van der Waals surface area contributed by atoms with Crippen LogP contribution in [0.15, 0.2) is 36.8 Å². The van der Waals surface area contributed by atoms with E-state index in [1.165, 1.54) is 6.42 Å². The first-order valence-electron chi connectivity index (χ1n) is 8.19. The number of hydrogen-bond acceptors (Lipinski definition) is 4. The molecule has 6 heteroatoms. The number of rotatable bonds is 4. The molecule has 2 fully saturated rings. The van der Waals surface area contributed by atoms with Crippen LogP contribution in [0.2, 0.25) is 0 Å². The Kier molecular flexibility index (Phi) is 3.83. The van der Waals surface area contributed by atoms with Gasteiger partial charge in [-0.2, -0.15) is 5.10 Å². The lowest BCUT2D eigenvalue weighted by molar-refractivity contribution is 0.0808. The van der Waals surface area contributed by atoms with Crippen molar-refractivity contribution >= 4 is 5.91 Å². The van der Waals surface area contributed by atoms with Gasteiger partial charge in [0.05, 0.1) is 12.1 Å². The summed E-state index contributed by atoms with van der Waals surface area (Å²) in [6.45, 7) is 0.653. The van der Waals surface area contributed by atoms with E-state index in [4.69, 9.17) is 4.74 Å². The van der Waals surface area contributed by atoms with Crippen molar-refractivity contribution in [3.8, 4) is 0 Å². The van der Waals surface area contributed by atoms with Gasteiger partial charge >= 0.3 is 0 Å². The third-order valence-corrected chi connectivity index (χ3v) is 4.77. The van der Waals surface area contributed by atoms with E-state index in [-0.39, 0.29) is 18.1 Å². The Hall–Kier alpha value is -2.21. The third-order valence-electron chi connectivity index (χ3n) is 4.77. The second-order valence-electron chi connectivity index (χ2n) is 6.19. The third kappa shape index (κ3) is 2.74. The number of hydrogen-bond donors (Lipinski definition) is 1. The summed E-state index contributed by atoms with van der Waals surface area (Å²) in [5.74, 6) is -0.0658. The lowest BCUT2D eigenvalue weighted by atomic mass is 9.93. The standard InChI is InChI=1S/C17H20N4O2/c22-17(15-6-10-19-21(15)13-2-1-3-13)20-14-7-11-23-16(14)12-4-8-18-9-5-12/h4-6,8-10,13-14,16H,1-3,7,11H2,(H,20,22)/t14-,16+/m1/s1. The van der Waals surface area contributed by atoms with Crippen molar-refractivity contribution < 1.29 is 9.53 Å². The quantitative estimate of drug-likeness (QED) is 0.940. The minimum absolute atomic E-state index is 0.0189.